The summed E-state index contributed by atoms with van der Waals surface area (Å²) in [6, 6.07) is 12.1. The molecule has 0 radical (unpaired) electrons. The highest BCUT2D eigenvalue weighted by atomic mass is 32.1. The second-order valence-electron chi connectivity index (χ2n) is 6.83. The number of amides is 1. The van der Waals surface area contributed by atoms with Gasteiger partial charge in [0.2, 0.25) is 5.13 Å². The van der Waals surface area contributed by atoms with Crippen LogP contribution in [-0.4, -0.2) is 29.6 Å². The van der Waals surface area contributed by atoms with Crippen molar-refractivity contribution in [3.8, 4) is 23.3 Å². The van der Waals surface area contributed by atoms with Crippen molar-refractivity contribution < 1.29 is 32.2 Å². The summed E-state index contributed by atoms with van der Waals surface area (Å²) in [6.07, 6.45) is -2.81. The van der Waals surface area contributed by atoms with Crippen molar-refractivity contribution in [2.75, 3.05) is 12.4 Å². The summed E-state index contributed by atoms with van der Waals surface area (Å²) in [4.78, 5) is 12.4. The molecule has 1 N–H and O–H groups in total. The highest BCUT2D eigenvalue weighted by Gasteiger charge is 2.32. The van der Waals surface area contributed by atoms with Crippen molar-refractivity contribution in [3.63, 3.8) is 0 Å². The van der Waals surface area contributed by atoms with Crippen LogP contribution in [0.3, 0.4) is 0 Å². The number of alkyl halides is 3. The number of carbonyl (C=O) groups excluding carboxylic acids is 1. The van der Waals surface area contributed by atoms with Gasteiger partial charge >= 0.3 is 6.36 Å². The molecule has 182 valence electrons. The van der Waals surface area contributed by atoms with Crippen LogP contribution in [0, 0.1) is 11.3 Å². The van der Waals surface area contributed by atoms with Crippen molar-refractivity contribution in [1.29, 1.82) is 5.26 Å². The minimum absolute atomic E-state index is 0.174. The summed E-state index contributed by atoms with van der Waals surface area (Å²) < 4.78 is 52.9. The van der Waals surface area contributed by atoms with E-state index in [1.807, 2.05) is 13.0 Å². The van der Waals surface area contributed by atoms with E-state index in [2.05, 4.69) is 20.3 Å². The Hall–Kier alpha value is -4.11. The molecule has 12 heteroatoms. The van der Waals surface area contributed by atoms with Gasteiger partial charge in [0, 0.05) is 5.56 Å². The molecule has 0 atom stereocenters. The maximum atomic E-state index is 12.6. The van der Waals surface area contributed by atoms with Gasteiger partial charge in [0.05, 0.1) is 7.11 Å². The maximum absolute atomic E-state index is 12.6. The molecule has 1 heterocycles. The van der Waals surface area contributed by atoms with E-state index in [4.69, 9.17) is 9.47 Å². The van der Waals surface area contributed by atoms with Crippen LogP contribution in [0.25, 0.3) is 6.08 Å². The minimum Gasteiger partial charge on any atom is -0.493 e. The Balaban J connectivity index is 1.75. The lowest BCUT2D eigenvalue weighted by Gasteiger charge is -2.15. The highest BCUT2D eigenvalue weighted by molar-refractivity contribution is 7.15. The minimum atomic E-state index is -4.83. The number of anilines is 1. The lowest BCUT2D eigenvalue weighted by atomic mass is 10.1. The average molecular weight is 504 g/mol. The third-order valence-electron chi connectivity index (χ3n) is 4.43. The third-order valence-corrected chi connectivity index (χ3v) is 5.42. The topological polar surface area (TPSA) is 106 Å². The number of rotatable bonds is 9. The van der Waals surface area contributed by atoms with Crippen LogP contribution < -0.4 is 19.5 Å². The van der Waals surface area contributed by atoms with E-state index in [0.717, 1.165) is 5.01 Å². The monoisotopic (exact) mass is 504 g/mol. The molecule has 0 saturated carbocycles. The Morgan fingerprint density at radius 1 is 1.17 bits per heavy atom. The molecule has 0 aliphatic heterocycles. The number of carbonyl (C=O) groups is 1. The zero-order chi connectivity index (χ0) is 25.4. The number of nitrogens with zero attached hydrogens (tertiary/aromatic N) is 3. The lowest BCUT2D eigenvalue weighted by molar-refractivity contribution is -0.275. The van der Waals surface area contributed by atoms with E-state index >= 15 is 0 Å². The summed E-state index contributed by atoms with van der Waals surface area (Å²) in [7, 11) is 1.38. The molecule has 0 fully saturated rings. The number of aryl methyl sites for hydroxylation is 1. The molecule has 8 nitrogen and oxygen atoms in total. The van der Waals surface area contributed by atoms with E-state index in [1.165, 1.54) is 54.9 Å². The van der Waals surface area contributed by atoms with E-state index in [1.54, 1.807) is 12.1 Å². The molecule has 0 saturated heterocycles. The van der Waals surface area contributed by atoms with Gasteiger partial charge in [-0.3, -0.25) is 10.1 Å². The molecule has 0 aliphatic rings. The van der Waals surface area contributed by atoms with Gasteiger partial charge in [-0.25, -0.2) is 0 Å². The van der Waals surface area contributed by atoms with Crippen LogP contribution in [-0.2, 0) is 17.8 Å². The van der Waals surface area contributed by atoms with Crippen LogP contribution in [0.4, 0.5) is 18.3 Å². The van der Waals surface area contributed by atoms with Gasteiger partial charge in [-0.2, -0.15) is 5.26 Å². The summed E-state index contributed by atoms with van der Waals surface area (Å²) >= 11 is 1.21. The molecule has 35 heavy (non-hydrogen) atoms. The van der Waals surface area contributed by atoms with Gasteiger partial charge < -0.3 is 14.2 Å². The number of para-hydroxylation sites is 1. The van der Waals surface area contributed by atoms with Crippen molar-refractivity contribution in [3.05, 3.63) is 64.2 Å². The van der Waals surface area contributed by atoms with Crippen LogP contribution in [0.5, 0.6) is 17.2 Å². The van der Waals surface area contributed by atoms with E-state index < -0.39 is 12.3 Å². The Bertz CT molecular complexity index is 1270. The van der Waals surface area contributed by atoms with Crippen LogP contribution >= 0.6 is 11.3 Å². The molecule has 0 spiro atoms. The smallest absolute Gasteiger partial charge is 0.493 e. The first-order valence-electron chi connectivity index (χ1n) is 10.1. The Labute approximate surface area is 202 Å². The van der Waals surface area contributed by atoms with Gasteiger partial charge in [0.15, 0.2) is 11.5 Å². The zero-order valence-corrected chi connectivity index (χ0v) is 19.4. The second-order valence-corrected chi connectivity index (χ2v) is 7.90. The number of halogens is 3. The van der Waals surface area contributed by atoms with Gasteiger partial charge in [-0.15, -0.1) is 23.4 Å². The summed E-state index contributed by atoms with van der Waals surface area (Å²) in [5.74, 6) is -0.519. The Morgan fingerprint density at radius 2 is 1.94 bits per heavy atom. The first-order chi connectivity index (χ1) is 16.7. The fourth-order valence-electron chi connectivity index (χ4n) is 2.82. The normalized spacial score (nSPS) is 11.5. The molecular weight excluding hydrogens is 485 g/mol. The predicted molar refractivity (Wildman–Crippen MR) is 122 cm³/mol. The maximum Gasteiger partial charge on any atom is 0.573 e. The van der Waals surface area contributed by atoms with Crippen LogP contribution in [0.15, 0.2) is 48.0 Å². The fourth-order valence-corrected chi connectivity index (χ4v) is 3.50. The SMILES string of the molecule is CCc1nnc(NC(=O)/C(C#N)=C/c2ccc(OCc3ccccc3OC(F)(F)F)c(OC)c2)s1. The van der Waals surface area contributed by atoms with E-state index in [9.17, 15) is 23.2 Å². The molecule has 0 aliphatic carbocycles. The molecule has 3 aromatic rings. The molecule has 2 aromatic carbocycles. The number of aromatic nitrogens is 2. The Kier molecular flexibility index (Phi) is 8.27. The van der Waals surface area contributed by atoms with Crippen molar-refractivity contribution >= 4 is 28.5 Å². The van der Waals surface area contributed by atoms with Crippen molar-refractivity contribution in [1.82, 2.24) is 10.2 Å². The zero-order valence-electron chi connectivity index (χ0n) is 18.5. The fraction of sp³-hybridized carbons (Fsp3) is 0.217. The number of hydrogen-bond donors (Lipinski definition) is 1. The standard InChI is InChI=1S/C23H19F3N4O4S/c1-3-20-29-30-22(35-20)28-21(31)16(12-27)10-14-8-9-18(19(11-14)32-2)33-13-15-6-4-5-7-17(15)34-23(24,25)26/h4-11H,3,13H2,1-2H3,(H,28,30,31)/b16-10+. The molecule has 0 bridgehead atoms. The number of nitriles is 1. The first kappa shape index (κ1) is 25.5. The van der Waals surface area contributed by atoms with Crippen molar-refractivity contribution in [2.24, 2.45) is 0 Å². The number of benzene rings is 2. The van der Waals surface area contributed by atoms with Crippen LogP contribution in [0.1, 0.15) is 23.1 Å². The largest absolute Gasteiger partial charge is 0.573 e. The molecular formula is C23H19F3N4O4S. The molecule has 1 amide bonds. The van der Waals surface area contributed by atoms with Gasteiger partial charge in [0.1, 0.15) is 29.0 Å². The molecule has 1 aromatic heterocycles. The number of ether oxygens (including phenoxy) is 3. The number of nitrogens with one attached hydrogen (secondary N) is 1. The van der Waals surface area contributed by atoms with Crippen LogP contribution in [0.2, 0.25) is 0 Å². The average Bonchev–Trinajstić information content (AvgIpc) is 3.28. The summed E-state index contributed by atoms with van der Waals surface area (Å²) in [5.41, 5.74) is 0.475. The quantitative estimate of drug-likeness (QED) is 0.318. The highest BCUT2D eigenvalue weighted by Crippen LogP contribution is 2.32. The number of hydrogen-bond acceptors (Lipinski definition) is 8. The third kappa shape index (κ3) is 7.18. The predicted octanol–water partition coefficient (Wildman–Crippen LogP) is 5.13. The lowest BCUT2D eigenvalue weighted by Crippen LogP contribution is -2.18. The van der Waals surface area contributed by atoms with Gasteiger partial charge in [-0.1, -0.05) is 42.5 Å². The van der Waals surface area contributed by atoms with Gasteiger partial charge in [0.25, 0.3) is 5.91 Å². The van der Waals surface area contributed by atoms with E-state index in [-0.39, 0.29) is 40.1 Å². The molecule has 0 unspecified atom stereocenters. The first-order valence-corrected chi connectivity index (χ1v) is 10.9. The summed E-state index contributed by atoms with van der Waals surface area (Å²) in [6.45, 7) is 1.69. The summed E-state index contributed by atoms with van der Waals surface area (Å²) in [5, 5.41) is 20.8. The number of methoxy groups -OCH3 is 1. The van der Waals surface area contributed by atoms with Crippen molar-refractivity contribution in [2.45, 2.75) is 26.3 Å². The Morgan fingerprint density at radius 3 is 2.60 bits per heavy atom. The molecule has 3 rings (SSSR count). The van der Waals surface area contributed by atoms with Gasteiger partial charge in [-0.05, 0) is 36.3 Å². The van der Waals surface area contributed by atoms with E-state index in [0.29, 0.717) is 12.0 Å². The second kappa shape index (κ2) is 11.3.